The minimum Gasteiger partial charge on any atom is -0.356 e. The molecule has 19 heavy (non-hydrogen) atoms. The molecule has 1 rings (SSSR count). The highest BCUT2D eigenvalue weighted by atomic mass is 35.5. The van der Waals surface area contributed by atoms with E-state index in [1.165, 1.54) is 5.56 Å². The summed E-state index contributed by atoms with van der Waals surface area (Å²) in [5.41, 5.74) is 6.94. The van der Waals surface area contributed by atoms with Gasteiger partial charge in [0.25, 0.3) is 0 Å². The van der Waals surface area contributed by atoms with Crippen LogP contribution in [0.5, 0.6) is 0 Å². The summed E-state index contributed by atoms with van der Waals surface area (Å²) in [6.07, 6.45) is 1.34. The van der Waals surface area contributed by atoms with Gasteiger partial charge < -0.3 is 11.1 Å². The fraction of sp³-hybridized carbons (Fsp3) is 0.533. The molecular formula is C15H25ClN2O. The summed E-state index contributed by atoms with van der Waals surface area (Å²) in [6, 6.07) is 10.3. The van der Waals surface area contributed by atoms with Gasteiger partial charge in [0.15, 0.2) is 0 Å². The van der Waals surface area contributed by atoms with E-state index < -0.39 is 0 Å². The Hall–Kier alpha value is -1.06. The Morgan fingerprint density at radius 1 is 1.32 bits per heavy atom. The van der Waals surface area contributed by atoms with E-state index in [9.17, 15) is 4.79 Å². The second-order valence-corrected chi connectivity index (χ2v) is 5.78. The topological polar surface area (TPSA) is 55.1 Å². The highest BCUT2D eigenvalue weighted by Crippen LogP contribution is 2.20. The predicted octanol–water partition coefficient (Wildman–Crippen LogP) is 2.53. The molecule has 1 unspecified atom stereocenters. The van der Waals surface area contributed by atoms with Gasteiger partial charge >= 0.3 is 0 Å². The molecule has 1 amide bonds. The normalized spacial score (nSPS) is 12.4. The van der Waals surface area contributed by atoms with Crippen LogP contribution in [0.15, 0.2) is 30.3 Å². The lowest BCUT2D eigenvalue weighted by atomic mass is 9.85. The van der Waals surface area contributed by atoms with Crippen LogP contribution in [0.1, 0.15) is 32.8 Å². The maximum absolute atomic E-state index is 11.6. The lowest BCUT2D eigenvalue weighted by Crippen LogP contribution is -2.37. The zero-order valence-electron chi connectivity index (χ0n) is 12.0. The van der Waals surface area contributed by atoms with Crippen LogP contribution >= 0.6 is 12.4 Å². The number of carbonyl (C=O) groups is 1. The minimum atomic E-state index is -0.0813. The molecule has 0 aliphatic rings. The average Bonchev–Trinajstić information content (AvgIpc) is 2.26. The van der Waals surface area contributed by atoms with Crippen molar-refractivity contribution in [1.29, 1.82) is 0 Å². The van der Waals surface area contributed by atoms with Crippen molar-refractivity contribution >= 4 is 18.3 Å². The molecule has 0 aliphatic heterocycles. The van der Waals surface area contributed by atoms with Gasteiger partial charge in [-0.1, -0.05) is 44.2 Å². The summed E-state index contributed by atoms with van der Waals surface area (Å²) < 4.78 is 0. The number of halogens is 1. The second kappa shape index (κ2) is 8.18. The molecule has 1 atom stereocenters. The molecule has 1 aromatic rings. The molecule has 0 saturated carbocycles. The first-order chi connectivity index (χ1) is 8.39. The van der Waals surface area contributed by atoms with E-state index in [-0.39, 0.29) is 29.8 Å². The van der Waals surface area contributed by atoms with E-state index in [4.69, 9.17) is 5.73 Å². The van der Waals surface area contributed by atoms with Gasteiger partial charge in [-0.05, 0) is 24.3 Å². The van der Waals surface area contributed by atoms with Gasteiger partial charge in [0.2, 0.25) is 5.91 Å². The number of carbonyl (C=O) groups excluding carboxylic acids is 1. The molecule has 0 aliphatic carbocycles. The smallest absolute Gasteiger partial charge is 0.221 e. The molecule has 0 bridgehead atoms. The molecule has 0 aromatic heterocycles. The summed E-state index contributed by atoms with van der Waals surface area (Å²) >= 11 is 0. The van der Waals surface area contributed by atoms with Crippen LogP contribution in [-0.2, 0) is 11.2 Å². The zero-order chi connectivity index (χ0) is 13.6. The third-order valence-corrected chi connectivity index (χ3v) is 2.80. The number of benzene rings is 1. The largest absolute Gasteiger partial charge is 0.356 e. The molecular weight excluding hydrogens is 260 g/mol. The summed E-state index contributed by atoms with van der Waals surface area (Å²) in [4.78, 5) is 11.6. The van der Waals surface area contributed by atoms with Gasteiger partial charge in [0, 0.05) is 19.0 Å². The van der Waals surface area contributed by atoms with Crippen LogP contribution in [-0.4, -0.2) is 18.5 Å². The minimum absolute atomic E-state index is 0. The maximum atomic E-state index is 11.6. The Bertz CT molecular complexity index is 377. The van der Waals surface area contributed by atoms with E-state index >= 15 is 0 Å². The van der Waals surface area contributed by atoms with Crippen LogP contribution in [0.2, 0.25) is 0 Å². The lowest BCUT2D eigenvalue weighted by Gasteiger charge is -2.25. The van der Waals surface area contributed by atoms with Crippen molar-refractivity contribution in [2.24, 2.45) is 11.1 Å². The van der Waals surface area contributed by atoms with Gasteiger partial charge in [-0.25, -0.2) is 0 Å². The van der Waals surface area contributed by atoms with Gasteiger partial charge in [-0.3, -0.25) is 4.79 Å². The summed E-state index contributed by atoms with van der Waals surface area (Å²) in [5, 5.41) is 2.96. The number of hydrogen-bond donors (Lipinski definition) is 2. The fourth-order valence-electron chi connectivity index (χ4n) is 1.91. The highest BCUT2D eigenvalue weighted by molar-refractivity contribution is 5.85. The number of amides is 1. The molecule has 1 aromatic carbocycles. The first-order valence-corrected chi connectivity index (χ1v) is 6.45. The molecule has 0 heterocycles. The van der Waals surface area contributed by atoms with Crippen molar-refractivity contribution in [2.45, 2.75) is 39.7 Å². The Balaban J connectivity index is 0.00000324. The standard InChI is InChI=1S/C15H24N2O.ClH/c1-12(16)9-14(18)17-11-15(2,3)10-13-7-5-4-6-8-13;/h4-8,12H,9-11,16H2,1-3H3,(H,17,18);1H. The zero-order valence-corrected chi connectivity index (χ0v) is 12.8. The number of rotatable bonds is 6. The Labute approximate surface area is 122 Å². The van der Waals surface area contributed by atoms with Crippen LogP contribution in [0.25, 0.3) is 0 Å². The number of nitrogens with two attached hydrogens (primary N) is 1. The lowest BCUT2D eigenvalue weighted by molar-refractivity contribution is -0.121. The Kier molecular flexibility index (Phi) is 7.72. The van der Waals surface area contributed by atoms with Crippen molar-refractivity contribution < 1.29 is 4.79 Å². The van der Waals surface area contributed by atoms with E-state index in [0.717, 1.165) is 6.42 Å². The van der Waals surface area contributed by atoms with E-state index in [0.29, 0.717) is 13.0 Å². The quantitative estimate of drug-likeness (QED) is 0.843. The van der Waals surface area contributed by atoms with E-state index in [2.05, 4.69) is 31.3 Å². The molecule has 0 radical (unpaired) electrons. The van der Waals surface area contributed by atoms with Crippen molar-refractivity contribution in [3.05, 3.63) is 35.9 Å². The van der Waals surface area contributed by atoms with Crippen LogP contribution in [0.4, 0.5) is 0 Å². The fourth-order valence-corrected chi connectivity index (χ4v) is 1.91. The first kappa shape index (κ1) is 17.9. The first-order valence-electron chi connectivity index (χ1n) is 6.45. The molecule has 4 heteroatoms. The van der Waals surface area contributed by atoms with E-state index in [1.807, 2.05) is 25.1 Å². The predicted molar refractivity (Wildman–Crippen MR) is 82.5 cm³/mol. The summed E-state index contributed by atoms with van der Waals surface area (Å²) in [7, 11) is 0. The Morgan fingerprint density at radius 2 is 1.89 bits per heavy atom. The van der Waals surface area contributed by atoms with Gasteiger partial charge in [-0.2, -0.15) is 0 Å². The highest BCUT2D eigenvalue weighted by Gasteiger charge is 2.19. The summed E-state index contributed by atoms with van der Waals surface area (Å²) in [6.45, 7) is 6.83. The SMILES string of the molecule is CC(N)CC(=O)NCC(C)(C)Cc1ccccc1.Cl. The van der Waals surface area contributed by atoms with Gasteiger partial charge in [-0.15, -0.1) is 12.4 Å². The van der Waals surface area contributed by atoms with E-state index in [1.54, 1.807) is 0 Å². The van der Waals surface area contributed by atoms with Gasteiger partial charge in [0.05, 0.1) is 0 Å². The molecule has 3 nitrogen and oxygen atoms in total. The number of hydrogen-bond acceptors (Lipinski definition) is 2. The van der Waals surface area contributed by atoms with Crippen LogP contribution in [0, 0.1) is 5.41 Å². The third-order valence-electron chi connectivity index (χ3n) is 2.80. The van der Waals surface area contributed by atoms with Gasteiger partial charge in [0.1, 0.15) is 0 Å². The molecule has 0 saturated heterocycles. The van der Waals surface area contributed by atoms with Crippen molar-refractivity contribution in [1.82, 2.24) is 5.32 Å². The third kappa shape index (κ3) is 7.85. The Morgan fingerprint density at radius 3 is 2.42 bits per heavy atom. The maximum Gasteiger partial charge on any atom is 0.221 e. The molecule has 0 spiro atoms. The van der Waals surface area contributed by atoms with Crippen molar-refractivity contribution in [3.63, 3.8) is 0 Å². The summed E-state index contributed by atoms with van der Waals surface area (Å²) in [5.74, 6) is 0.0335. The molecule has 108 valence electrons. The molecule has 0 fully saturated rings. The average molecular weight is 285 g/mol. The van der Waals surface area contributed by atoms with Crippen LogP contribution < -0.4 is 11.1 Å². The number of nitrogens with one attached hydrogen (secondary N) is 1. The van der Waals surface area contributed by atoms with Crippen LogP contribution in [0.3, 0.4) is 0 Å². The van der Waals surface area contributed by atoms with Crippen molar-refractivity contribution in [2.75, 3.05) is 6.54 Å². The monoisotopic (exact) mass is 284 g/mol. The second-order valence-electron chi connectivity index (χ2n) is 5.78. The molecule has 3 N–H and O–H groups in total. The van der Waals surface area contributed by atoms with Crippen molar-refractivity contribution in [3.8, 4) is 0 Å².